The Morgan fingerprint density at radius 3 is 2.50 bits per heavy atom. The SMILES string of the molecule is Cc1cc(CC(C)C(=O)O)cc(Cl)c1OCc1ccccc1. The second-order valence-electron chi connectivity index (χ2n) is 5.44. The Morgan fingerprint density at radius 1 is 1.23 bits per heavy atom. The van der Waals surface area contributed by atoms with Crippen molar-refractivity contribution in [3.63, 3.8) is 0 Å². The second-order valence-corrected chi connectivity index (χ2v) is 5.85. The first-order valence-corrected chi connectivity index (χ1v) is 7.53. The number of rotatable bonds is 6. The van der Waals surface area contributed by atoms with Gasteiger partial charge in [0.05, 0.1) is 10.9 Å². The molecule has 116 valence electrons. The largest absolute Gasteiger partial charge is 0.487 e. The number of aryl methyl sites for hydroxylation is 1. The van der Waals surface area contributed by atoms with E-state index in [1.165, 1.54) is 0 Å². The van der Waals surface area contributed by atoms with Crippen molar-refractivity contribution >= 4 is 17.6 Å². The summed E-state index contributed by atoms with van der Waals surface area (Å²) in [5.74, 6) is -0.595. The smallest absolute Gasteiger partial charge is 0.306 e. The molecule has 0 aliphatic heterocycles. The molecule has 0 spiro atoms. The van der Waals surface area contributed by atoms with E-state index in [1.54, 1.807) is 13.0 Å². The van der Waals surface area contributed by atoms with Crippen molar-refractivity contribution in [3.05, 3.63) is 64.2 Å². The summed E-state index contributed by atoms with van der Waals surface area (Å²) in [5.41, 5.74) is 2.89. The predicted octanol–water partition coefficient (Wildman–Crippen LogP) is 4.49. The van der Waals surface area contributed by atoms with Gasteiger partial charge in [0.1, 0.15) is 12.4 Å². The molecule has 0 bridgehead atoms. The van der Waals surface area contributed by atoms with Gasteiger partial charge >= 0.3 is 5.97 Å². The topological polar surface area (TPSA) is 46.5 Å². The number of carbonyl (C=O) groups is 1. The summed E-state index contributed by atoms with van der Waals surface area (Å²) in [4.78, 5) is 10.9. The van der Waals surface area contributed by atoms with E-state index in [1.807, 2.05) is 43.3 Å². The van der Waals surface area contributed by atoms with Crippen molar-refractivity contribution in [1.29, 1.82) is 0 Å². The molecule has 1 N–H and O–H groups in total. The first-order valence-electron chi connectivity index (χ1n) is 7.16. The number of hydrogen-bond donors (Lipinski definition) is 1. The van der Waals surface area contributed by atoms with Crippen LogP contribution in [0.5, 0.6) is 5.75 Å². The zero-order chi connectivity index (χ0) is 16.1. The van der Waals surface area contributed by atoms with Crippen LogP contribution in [-0.4, -0.2) is 11.1 Å². The van der Waals surface area contributed by atoms with Crippen molar-refractivity contribution in [1.82, 2.24) is 0 Å². The van der Waals surface area contributed by atoms with Gasteiger partial charge in [-0.2, -0.15) is 0 Å². The molecular formula is C18H19ClO3. The third kappa shape index (κ3) is 4.25. The van der Waals surface area contributed by atoms with Gasteiger partial charge in [0.2, 0.25) is 0 Å². The van der Waals surface area contributed by atoms with Crippen LogP contribution in [0.4, 0.5) is 0 Å². The van der Waals surface area contributed by atoms with Crippen LogP contribution < -0.4 is 4.74 Å². The molecule has 2 rings (SSSR count). The summed E-state index contributed by atoms with van der Waals surface area (Å²) in [5, 5.41) is 9.51. The molecule has 0 aromatic heterocycles. The summed E-state index contributed by atoms with van der Waals surface area (Å²) >= 11 is 6.29. The van der Waals surface area contributed by atoms with Gasteiger partial charge in [0.25, 0.3) is 0 Å². The summed E-state index contributed by atoms with van der Waals surface area (Å²) in [7, 11) is 0. The van der Waals surface area contributed by atoms with Gasteiger partial charge in [-0.1, -0.05) is 54.9 Å². The highest BCUT2D eigenvalue weighted by Gasteiger charge is 2.14. The fraction of sp³-hybridized carbons (Fsp3) is 0.278. The average Bonchev–Trinajstić information content (AvgIpc) is 2.47. The molecule has 0 heterocycles. The minimum absolute atomic E-state index is 0.438. The Balaban J connectivity index is 2.11. The monoisotopic (exact) mass is 318 g/mol. The molecule has 0 aliphatic rings. The first kappa shape index (κ1) is 16.4. The minimum atomic E-state index is -0.807. The van der Waals surface area contributed by atoms with Crippen LogP contribution in [0, 0.1) is 12.8 Å². The molecule has 0 saturated carbocycles. The molecular weight excluding hydrogens is 300 g/mol. The van der Waals surface area contributed by atoms with Crippen molar-refractivity contribution in [2.24, 2.45) is 5.92 Å². The number of benzene rings is 2. The molecule has 1 unspecified atom stereocenters. The van der Waals surface area contributed by atoms with Crippen LogP contribution in [0.2, 0.25) is 5.02 Å². The van der Waals surface area contributed by atoms with Crippen molar-refractivity contribution in [3.8, 4) is 5.75 Å². The van der Waals surface area contributed by atoms with Crippen LogP contribution in [0.15, 0.2) is 42.5 Å². The molecule has 0 amide bonds. The van der Waals surface area contributed by atoms with E-state index in [4.69, 9.17) is 21.4 Å². The van der Waals surface area contributed by atoms with Crippen LogP contribution in [0.3, 0.4) is 0 Å². The fourth-order valence-electron chi connectivity index (χ4n) is 2.27. The molecule has 0 saturated heterocycles. The molecule has 0 radical (unpaired) electrons. The normalized spacial score (nSPS) is 12.0. The summed E-state index contributed by atoms with van der Waals surface area (Å²) in [6, 6.07) is 13.6. The van der Waals surface area contributed by atoms with E-state index in [2.05, 4.69) is 0 Å². The number of ether oxygens (including phenoxy) is 1. The highest BCUT2D eigenvalue weighted by molar-refractivity contribution is 6.32. The van der Waals surface area contributed by atoms with Crippen molar-refractivity contribution < 1.29 is 14.6 Å². The lowest BCUT2D eigenvalue weighted by molar-refractivity contribution is -0.141. The summed E-state index contributed by atoms with van der Waals surface area (Å²) in [6.07, 6.45) is 0.453. The molecule has 4 heteroatoms. The van der Waals surface area contributed by atoms with Crippen LogP contribution in [0.25, 0.3) is 0 Å². The van der Waals surface area contributed by atoms with Crippen molar-refractivity contribution in [2.75, 3.05) is 0 Å². The Hall–Kier alpha value is -2.00. The van der Waals surface area contributed by atoms with Crippen molar-refractivity contribution in [2.45, 2.75) is 26.9 Å². The average molecular weight is 319 g/mol. The van der Waals surface area contributed by atoms with Gasteiger partial charge in [0.15, 0.2) is 0 Å². The van der Waals surface area contributed by atoms with Gasteiger partial charge in [-0.05, 0) is 36.1 Å². The number of halogens is 1. The van der Waals surface area contributed by atoms with Gasteiger partial charge in [-0.25, -0.2) is 0 Å². The van der Waals surface area contributed by atoms with E-state index in [0.717, 1.165) is 16.7 Å². The molecule has 3 nitrogen and oxygen atoms in total. The third-order valence-electron chi connectivity index (χ3n) is 3.48. The maximum atomic E-state index is 10.9. The quantitative estimate of drug-likeness (QED) is 0.853. The van der Waals surface area contributed by atoms with E-state index < -0.39 is 11.9 Å². The maximum absolute atomic E-state index is 10.9. The summed E-state index contributed by atoms with van der Waals surface area (Å²) < 4.78 is 5.81. The van der Waals surface area contributed by atoms with Crippen LogP contribution in [0.1, 0.15) is 23.6 Å². The Bertz CT molecular complexity index is 630. The maximum Gasteiger partial charge on any atom is 0.306 e. The van der Waals surface area contributed by atoms with Crippen LogP contribution in [-0.2, 0) is 17.8 Å². The molecule has 0 fully saturated rings. The van der Waals surface area contributed by atoms with Gasteiger partial charge in [-0.3, -0.25) is 4.79 Å². The molecule has 0 aliphatic carbocycles. The van der Waals surface area contributed by atoms with Gasteiger partial charge < -0.3 is 9.84 Å². The lowest BCUT2D eigenvalue weighted by Gasteiger charge is -2.14. The zero-order valence-electron chi connectivity index (χ0n) is 12.7. The summed E-state index contributed by atoms with van der Waals surface area (Å²) in [6.45, 7) is 4.05. The van der Waals surface area contributed by atoms with Gasteiger partial charge in [-0.15, -0.1) is 0 Å². The lowest BCUT2D eigenvalue weighted by Crippen LogP contribution is -2.12. The van der Waals surface area contributed by atoms with E-state index in [0.29, 0.717) is 23.8 Å². The Kier molecular flexibility index (Phi) is 5.45. The Morgan fingerprint density at radius 2 is 1.91 bits per heavy atom. The molecule has 22 heavy (non-hydrogen) atoms. The lowest BCUT2D eigenvalue weighted by atomic mass is 9.99. The predicted molar refractivity (Wildman–Crippen MR) is 87.5 cm³/mol. The highest BCUT2D eigenvalue weighted by atomic mass is 35.5. The highest BCUT2D eigenvalue weighted by Crippen LogP contribution is 2.31. The van der Waals surface area contributed by atoms with E-state index in [9.17, 15) is 4.79 Å². The number of carboxylic acid groups (broad SMARTS) is 1. The van der Waals surface area contributed by atoms with Crippen LogP contribution >= 0.6 is 11.6 Å². The molecule has 1 atom stereocenters. The zero-order valence-corrected chi connectivity index (χ0v) is 13.4. The first-order chi connectivity index (χ1) is 10.5. The molecule has 2 aromatic rings. The minimum Gasteiger partial charge on any atom is -0.487 e. The van der Waals surface area contributed by atoms with Gasteiger partial charge in [0, 0.05) is 0 Å². The van der Waals surface area contributed by atoms with E-state index >= 15 is 0 Å². The number of aliphatic carboxylic acids is 1. The number of carboxylic acids is 1. The Labute approximate surface area is 135 Å². The third-order valence-corrected chi connectivity index (χ3v) is 3.76. The number of hydrogen-bond acceptors (Lipinski definition) is 2. The standard InChI is InChI=1S/C18H19ClO3/c1-12-8-15(9-13(2)18(20)21)10-16(19)17(12)22-11-14-6-4-3-5-7-14/h3-8,10,13H,9,11H2,1-2H3,(H,20,21). The molecule has 2 aromatic carbocycles. The fourth-order valence-corrected chi connectivity index (χ4v) is 2.62. The second kappa shape index (κ2) is 7.32. The van der Waals surface area contributed by atoms with E-state index in [-0.39, 0.29) is 0 Å².